The highest BCUT2D eigenvalue weighted by Crippen LogP contribution is 2.62. The normalized spacial score (nSPS) is 25.2. The second-order valence-electron chi connectivity index (χ2n) is 17.6. The molecule has 7 rings (SSSR count). The summed E-state index contributed by atoms with van der Waals surface area (Å²) >= 11 is 0. The highest BCUT2D eigenvalue weighted by Gasteiger charge is 2.46. The number of hydrogen-bond acceptors (Lipinski definition) is 0. The first-order chi connectivity index (χ1) is 25.0. The first-order valence-corrected chi connectivity index (χ1v) is 20.1. The first-order valence-electron chi connectivity index (χ1n) is 20.1. The summed E-state index contributed by atoms with van der Waals surface area (Å²) in [7, 11) is 0. The molecule has 1 aromatic rings. The zero-order valence-corrected chi connectivity index (χ0v) is 35.4. The van der Waals surface area contributed by atoms with Crippen LogP contribution in [-0.2, 0) is 0 Å². The quantitative estimate of drug-likeness (QED) is 0.269. The van der Waals surface area contributed by atoms with Gasteiger partial charge < -0.3 is 0 Å². The molecule has 0 saturated heterocycles. The Balaban J connectivity index is 1.40. The molecule has 6 aliphatic rings. The summed E-state index contributed by atoms with van der Waals surface area (Å²) in [6.07, 6.45) is 4.51. The van der Waals surface area contributed by atoms with Crippen LogP contribution < -0.4 is 0 Å². The molecular weight excluding hydrogens is 637 g/mol. The minimum absolute atomic E-state index is 0.251. The first kappa shape index (κ1) is 37.1. The molecule has 0 heteroatoms. The maximum absolute atomic E-state index is 4.81. The summed E-state index contributed by atoms with van der Waals surface area (Å²) in [6.45, 7) is 44.2. The molecule has 272 valence electrons. The van der Waals surface area contributed by atoms with Crippen molar-refractivity contribution in [2.24, 2.45) is 23.7 Å². The summed E-state index contributed by atoms with van der Waals surface area (Å²) < 4.78 is 0. The summed E-state index contributed by atoms with van der Waals surface area (Å²) in [5.74, 6) is 16.2. The maximum atomic E-state index is 4.81. The fraction of sp³-hybridized carbons (Fsp3) is 0.434. The molecule has 0 bridgehead atoms. The van der Waals surface area contributed by atoms with Crippen molar-refractivity contribution < 1.29 is 0 Å². The Bertz CT molecular complexity index is 2370. The zero-order chi connectivity index (χ0) is 38.7. The van der Waals surface area contributed by atoms with Crippen LogP contribution in [0.5, 0.6) is 0 Å². The molecule has 6 aliphatic carbocycles. The maximum Gasteiger partial charge on any atom is 0.0368 e. The third-order valence-corrected chi connectivity index (χ3v) is 14.2. The smallest absolute Gasteiger partial charge is 0.0368 e. The molecule has 0 heterocycles. The number of benzene rings is 1. The van der Waals surface area contributed by atoms with Crippen LogP contribution in [0.3, 0.4) is 0 Å². The highest BCUT2D eigenvalue weighted by atomic mass is 14.5. The van der Waals surface area contributed by atoms with Crippen molar-refractivity contribution in [3.8, 4) is 23.7 Å². The number of fused-ring (bicyclic) bond motifs is 3. The van der Waals surface area contributed by atoms with Gasteiger partial charge in [0, 0.05) is 34.8 Å². The molecule has 0 fully saturated rings. The van der Waals surface area contributed by atoms with Gasteiger partial charge in [-0.1, -0.05) is 83.8 Å². The Hall–Kier alpha value is -4.26. The summed E-state index contributed by atoms with van der Waals surface area (Å²) in [5, 5.41) is 0. The van der Waals surface area contributed by atoms with Crippen molar-refractivity contribution >= 4 is 11.1 Å². The van der Waals surface area contributed by atoms with Crippen LogP contribution in [0.1, 0.15) is 162 Å². The van der Waals surface area contributed by atoms with Crippen molar-refractivity contribution in [2.45, 2.75) is 129 Å². The Morgan fingerprint density at radius 2 is 1.09 bits per heavy atom. The van der Waals surface area contributed by atoms with Crippen molar-refractivity contribution in [3.63, 3.8) is 0 Å². The Morgan fingerprint density at radius 3 is 1.57 bits per heavy atom. The Kier molecular flexibility index (Phi) is 9.06. The predicted molar refractivity (Wildman–Crippen MR) is 229 cm³/mol. The zero-order valence-electron chi connectivity index (χ0n) is 35.4. The number of rotatable bonds is 5. The second kappa shape index (κ2) is 13.0. The molecule has 0 spiro atoms. The standard InChI is InChI=1S/C53H60/c1-18-20-39-46-32(12)31(11)43(25(3)4)52(46)40(21-19-2)49-37(17)45(44(26(5)6)53(39)49)38-22-28(8)41(24-38)47-33(13)35(15)51-48(34(14)36(16)50(47)51)42-23-27(7)29(9)30(42)10/h22,25-26,33-34,43-44H,15-16,23-24H2,1-14,17H3. The number of allylic oxidation sites excluding steroid dienone is 18. The fourth-order valence-electron chi connectivity index (χ4n) is 11.4. The van der Waals surface area contributed by atoms with Gasteiger partial charge >= 0.3 is 0 Å². The molecule has 0 N–H and O–H groups in total. The van der Waals surface area contributed by atoms with Crippen LogP contribution in [0, 0.1) is 47.4 Å². The SMILES string of the molecule is C=C1C2=C(C3=C(C)C(C)=C(C)C3)C(C)C(=C)C2=C(C2=C(C)C=C(C3=C(C)c4c(C#CC)c5c(c(C#CC)c4C3C(C)C)C(C)=C(C)C5C(C)C)C2)C1C. The lowest BCUT2D eigenvalue weighted by molar-refractivity contribution is 0.557. The van der Waals surface area contributed by atoms with E-state index in [9.17, 15) is 0 Å². The van der Waals surface area contributed by atoms with Crippen LogP contribution in [0.25, 0.3) is 11.1 Å². The second-order valence-corrected chi connectivity index (χ2v) is 17.6. The third-order valence-electron chi connectivity index (χ3n) is 14.2. The summed E-state index contributed by atoms with van der Waals surface area (Å²) in [4.78, 5) is 0. The van der Waals surface area contributed by atoms with Gasteiger partial charge in [0.25, 0.3) is 0 Å². The molecule has 1 aromatic carbocycles. The van der Waals surface area contributed by atoms with E-state index in [1.54, 1.807) is 0 Å². The van der Waals surface area contributed by atoms with E-state index in [1.165, 1.54) is 128 Å². The van der Waals surface area contributed by atoms with Gasteiger partial charge in [0.2, 0.25) is 0 Å². The van der Waals surface area contributed by atoms with E-state index in [2.05, 4.69) is 120 Å². The number of hydrogen-bond donors (Lipinski definition) is 0. The van der Waals surface area contributed by atoms with Crippen LogP contribution in [-0.4, -0.2) is 0 Å². The molecular formula is C53H60. The van der Waals surface area contributed by atoms with Crippen LogP contribution in [0.15, 0.2) is 103 Å². The van der Waals surface area contributed by atoms with E-state index >= 15 is 0 Å². The molecule has 0 amide bonds. The van der Waals surface area contributed by atoms with E-state index in [-0.39, 0.29) is 11.8 Å². The van der Waals surface area contributed by atoms with Gasteiger partial charge in [-0.15, -0.1) is 11.8 Å². The summed E-state index contributed by atoms with van der Waals surface area (Å²) in [6, 6.07) is 0. The van der Waals surface area contributed by atoms with E-state index in [1.807, 2.05) is 13.8 Å². The molecule has 4 atom stereocenters. The molecule has 4 unspecified atom stereocenters. The monoisotopic (exact) mass is 696 g/mol. The third kappa shape index (κ3) is 4.97. The fourth-order valence-corrected chi connectivity index (χ4v) is 11.4. The minimum Gasteiger partial charge on any atom is -0.101 e. The van der Waals surface area contributed by atoms with E-state index < -0.39 is 0 Å². The van der Waals surface area contributed by atoms with Gasteiger partial charge in [-0.2, -0.15) is 0 Å². The molecule has 0 aliphatic heterocycles. The average Bonchev–Trinajstić information content (AvgIpc) is 3.88. The highest BCUT2D eigenvalue weighted by molar-refractivity contribution is 5.94. The molecule has 53 heavy (non-hydrogen) atoms. The van der Waals surface area contributed by atoms with Gasteiger partial charge in [-0.05, 0) is 193 Å². The van der Waals surface area contributed by atoms with Crippen molar-refractivity contribution in [3.05, 3.63) is 136 Å². The topological polar surface area (TPSA) is 0 Å². The van der Waals surface area contributed by atoms with Crippen LogP contribution in [0.2, 0.25) is 0 Å². The van der Waals surface area contributed by atoms with Gasteiger partial charge in [0.05, 0.1) is 0 Å². The molecule has 0 nitrogen and oxygen atoms in total. The van der Waals surface area contributed by atoms with E-state index in [4.69, 9.17) is 13.2 Å². The predicted octanol–water partition coefficient (Wildman–Crippen LogP) is 14.2. The van der Waals surface area contributed by atoms with Crippen LogP contribution in [0.4, 0.5) is 0 Å². The Morgan fingerprint density at radius 1 is 0.604 bits per heavy atom. The average molecular weight is 697 g/mol. The lowest BCUT2D eigenvalue weighted by atomic mass is 9.75. The van der Waals surface area contributed by atoms with Gasteiger partial charge in [0.15, 0.2) is 0 Å². The van der Waals surface area contributed by atoms with Crippen LogP contribution >= 0.6 is 0 Å². The lowest BCUT2D eigenvalue weighted by Crippen LogP contribution is -2.14. The van der Waals surface area contributed by atoms with Gasteiger partial charge in [0.1, 0.15) is 0 Å². The van der Waals surface area contributed by atoms with E-state index in [0.717, 1.165) is 12.8 Å². The molecule has 0 saturated carbocycles. The largest absolute Gasteiger partial charge is 0.101 e. The molecule has 0 radical (unpaired) electrons. The van der Waals surface area contributed by atoms with Gasteiger partial charge in [-0.3, -0.25) is 0 Å². The molecule has 0 aromatic heterocycles. The Labute approximate surface area is 322 Å². The summed E-state index contributed by atoms with van der Waals surface area (Å²) in [5.41, 5.74) is 32.4. The van der Waals surface area contributed by atoms with Crippen molar-refractivity contribution in [1.29, 1.82) is 0 Å². The van der Waals surface area contributed by atoms with Crippen molar-refractivity contribution in [2.75, 3.05) is 0 Å². The lowest BCUT2D eigenvalue weighted by Gasteiger charge is -2.27. The van der Waals surface area contributed by atoms with E-state index in [0.29, 0.717) is 23.7 Å². The van der Waals surface area contributed by atoms with Gasteiger partial charge in [-0.25, -0.2) is 0 Å². The minimum atomic E-state index is 0.251. The van der Waals surface area contributed by atoms with Crippen molar-refractivity contribution in [1.82, 2.24) is 0 Å².